The number of hydrogen-bond acceptors (Lipinski definition) is 4. The van der Waals surface area contributed by atoms with Crippen LogP contribution in [0.25, 0.3) is 0 Å². The molecule has 1 saturated heterocycles. The van der Waals surface area contributed by atoms with Gasteiger partial charge in [0.2, 0.25) is 0 Å². The lowest BCUT2D eigenvalue weighted by atomic mass is 9.94. The average molecular weight is 292 g/mol. The van der Waals surface area contributed by atoms with Gasteiger partial charge >= 0.3 is 5.97 Å². The number of aliphatic carboxylic acids is 1. The first-order valence-electron chi connectivity index (χ1n) is 8.06. The van der Waals surface area contributed by atoms with E-state index in [-0.39, 0.29) is 0 Å². The molecule has 0 radical (unpaired) electrons. The van der Waals surface area contributed by atoms with Crippen LogP contribution in [0.2, 0.25) is 0 Å². The molecule has 0 spiro atoms. The summed E-state index contributed by atoms with van der Waals surface area (Å²) in [7, 11) is 0. The van der Waals surface area contributed by atoms with Crippen LogP contribution in [0.3, 0.4) is 0 Å². The molecule has 0 aliphatic carbocycles. The summed E-state index contributed by atoms with van der Waals surface area (Å²) in [5, 5.41) is 13.8. The smallest absolute Gasteiger partial charge is 0.328 e. The van der Waals surface area contributed by atoms with Crippen LogP contribution in [0, 0.1) is 5.92 Å². The lowest BCUT2D eigenvalue weighted by molar-refractivity contribution is -0.141. The van der Waals surface area contributed by atoms with Gasteiger partial charge in [-0.2, -0.15) is 5.10 Å². The Morgan fingerprint density at radius 2 is 2.24 bits per heavy atom. The monoisotopic (exact) mass is 292 g/mol. The zero-order chi connectivity index (χ0) is 14.8. The Bertz CT molecular complexity index is 514. The van der Waals surface area contributed by atoms with Crippen LogP contribution in [0.4, 0.5) is 0 Å². The van der Waals surface area contributed by atoms with Crippen LogP contribution in [0.15, 0.2) is 0 Å². The highest BCUT2D eigenvalue weighted by molar-refractivity contribution is 5.71. The zero-order valence-corrected chi connectivity index (χ0v) is 12.7. The highest BCUT2D eigenvalue weighted by Crippen LogP contribution is 2.25. The van der Waals surface area contributed by atoms with E-state index in [0.717, 1.165) is 44.0 Å². The minimum Gasteiger partial charge on any atom is -0.480 e. The fourth-order valence-electron chi connectivity index (χ4n) is 3.58. The molecule has 3 rings (SSSR count). The number of likely N-dealkylation sites (tertiary alicyclic amines) is 1. The Labute approximate surface area is 125 Å². The summed E-state index contributed by atoms with van der Waals surface area (Å²) in [6.45, 7) is 5.61. The number of fused-ring (bicyclic) bond motifs is 1. The highest BCUT2D eigenvalue weighted by atomic mass is 16.4. The molecule has 6 heteroatoms. The van der Waals surface area contributed by atoms with Crippen LogP contribution >= 0.6 is 0 Å². The van der Waals surface area contributed by atoms with Crippen LogP contribution in [0.5, 0.6) is 0 Å². The summed E-state index contributed by atoms with van der Waals surface area (Å²) in [6, 6.07) is -0.520. The summed E-state index contributed by atoms with van der Waals surface area (Å²) in [5.41, 5.74) is 0. The van der Waals surface area contributed by atoms with Crippen LogP contribution < -0.4 is 0 Å². The van der Waals surface area contributed by atoms with E-state index in [4.69, 9.17) is 0 Å². The van der Waals surface area contributed by atoms with E-state index in [0.29, 0.717) is 12.3 Å². The molecule has 116 valence electrons. The Kier molecular flexibility index (Phi) is 4.24. The molecule has 1 N–H and O–H groups in total. The SMILES string of the molecule is CCN1CCCC(Cc2nc3n(n2)C(C(=O)O)CCC3)C1. The van der Waals surface area contributed by atoms with Crippen molar-refractivity contribution < 1.29 is 9.90 Å². The Hall–Kier alpha value is -1.43. The number of nitrogens with zero attached hydrogens (tertiary/aromatic N) is 4. The maximum atomic E-state index is 11.3. The van der Waals surface area contributed by atoms with E-state index in [1.165, 1.54) is 19.4 Å². The van der Waals surface area contributed by atoms with E-state index < -0.39 is 12.0 Å². The van der Waals surface area contributed by atoms with Gasteiger partial charge in [0.15, 0.2) is 11.9 Å². The predicted molar refractivity (Wildman–Crippen MR) is 78.2 cm³/mol. The maximum absolute atomic E-state index is 11.3. The zero-order valence-electron chi connectivity index (χ0n) is 12.7. The van der Waals surface area contributed by atoms with Gasteiger partial charge < -0.3 is 10.0 Å². The third-order valence-corrected chi connectivity index (χ3v) is 4.73. The number of piperidine rings is 1. The van der Waals surface area contributed by atoms with E-state index in [9.17, 15) is 9.90 Å². The first kappa shape index (κ1) is 14.5. The topological polar surface area (TPSA) is 71.2 Å². The molecule has 1 aromatic heterocycles. The van der Waals surface area contributed by atoms with Crippen molar-refractivity contribution in [2.45, 2.75) is 51.5 Å². The molecule has 0 amide bonds. The largest absolute Gasteiger partial charge is 0.480 e. The molecule has 21 heavy (non-hydrogen) atoms. The molecule has 0 bridgehead atoms. The van der Waals surface area contributed by atoms with Crippen LogP contribution in [-0.4, -0.2) is 50.4 Å². The summed E-state index contributed by atoms with van der Waals surface area (Å²) in [6.07, 6.45) is 5.75. The van der Waals surface area contributed by atoms with Crippen LogP contribution in [-0.2, 0) is 17.6 Å². The Morgan fingerprint density at radius 1 is 1.38 bits per heavy atom. The van der Waals surface area contributed by atoms with Gasteiger partial charge in [-0.1, -0.05) is 6.92 Å². The van der Waals surface area contributed by atoms with Gasteiger partial charge in [0.1, 0.15) is 5.82 Å². The number of carboxylic acids is 1. The third kappa shape index (κ3) is 3.10. The number of hydrogen-bond donors (Lipinski definition) is 1. The lowest BCUT2D eigenvalue weighted by Crippen LogP contribution is -2.36. The van der Waals surface area contributed by atoms with Gasteiger partial charge in [-0.25, -0.2) is 14.5 Å². The van der Waals surface area contributed by atoms with Gasteiger partial charge in [-0.05, 0) is 44.7 Å². The van der Waals surface area contributed by atoms with Crippen molar-refractivity contribution >= 4 is 5.97 Å². The van der Waals surface area contributed by atoms with Crippen molar-refractivity contribution in [2.24, 2.45) is 5.92 Å². The predicted octanol–water partition coefficient (Wildman–Crippen LogP) is 1.51. The number of carboxylic acid groups (broad SMARTS) is 1. The van der Waals surface area contributed by atoms with Gasteiger partial charge in [0, 0.05) is 19.4 Å². The van der Waals surface area contributed by atoms with E-state index in [2.05, 4.69) is 21.9 Å². The number of carbonyl (C=O) groups is 1. The molecule has 0 saturated carbocycles. The summed E-state index contributed by atoms with van der Waals surface area (Å²) < 4.78 is 1.65. The normalized spacial score (nSPS) is 26.5. The second-order valence-electron chi connectivity index (χ2n) is 6.24. The fourth-order valence-corrected chi connectivity index (χ4v) is 3.58. The molecule has 2 aliphatic heterocycles. The van der Waals surface area contributed by atoms with Gasteiger partial charge in [-0.3, -0.25) is 0 Å². The van der Waals surface area contributed by atoms with Crippen molar-refractivity contribution in [3.05, 3.63) is 11.6 Å². The Balaban J connectivity index is 1.71. The highest BCUT2D eigenvalue weighted by Gasteiger charge is 2.29. The standard InChI is InChI=1S/C15H24N4O2/c1-2-18-8-4-5-11(10-18)9-13-16-14-7-3-6-12(15(20)21)19(14)17-13/h11-12H,2-10H2,1H3,(H,20,21). The molecule has 6 nitrogen and oxygen atoms in total. The molecular formula is C15H24N4O2. The summed E-state index contributed by atoms with van der Waals surface area (Å²) >= 11 is 0. The molecule has 2 atom stereocenters. The minimum absolute atomic E-state index is 0.520. The number of aromatic nitrogens is 3. The second-order valence-corrected chi connectivity index (χ2v) is 6.24. The minimum atomic E-state index is -0.790. The Morgan fingerprint density at radius 3 is 3.00 bits per heavy atom. The van der Waals surface area contributed by atoms with Crippen molar-refractivity contribution in [1.29, 1.82) is 0 Å². The molecular weight excluding hydrogens is 268 g/mol. The first-order valence-corrected chi connectivity index (χ1v) is 8.06. The number of aryl methyl sites for hydroxylation is 1. The number of rotatable bonds is 4. The average Bonchev–Trinajstić information content (AvgIpc) is 2.89. The van der Waals surface area contributed by atoms with Crippen molar-refractivity contribution in [1.82, 2.24) is 19.7 Å². The van der Waals surface area contributed by atoms with Gasteiger partial charge in [-0.15, -0.1) is 0 Å². The molecule has 0 aromatic carbocycles. The third-order valence-electron chi connectivity index (χ3n) is 4.73. The van der Waals surface area contributed by atoms with E-state index in [1.54, 1.807) is 4.68 Å². The maximum Gasteiger partial charge on any atom is 0.328 e. The quantitative estimate of drug-likeness (QED) is 0.911. The molecule has 3 heterocycles. The van der Waals surface area contributed by atoms with E-state index in [1.807, 2.05) is 0 Å². The second kappa shape index (κ2) is 6.13. The van der Waals surface area contributed by atoms with Crippen LogP contribution in [0.1, 0.15) is 50.3 Å². The van der Waals surface area contributed by atoms with Crippen molar-refractivity contribution in [2.75, 3.05) is 19.6 Å². The summed E-state index contributed by atoms with van der Waals surface area (Å²) in [5.74, 6) is 1.50. The first-order chi connectivity index (χ1) is 10.2. The van der Waals surface area contributed by atoms with E-state index >= 15 is 0 Å². The lowest BCUT2D eigenvalue weighted by Gasteiger charge is -2.31. The fraction of sp³-hybridized carbons (Fsp3) is 0.800. The van der Waals surface area contributed by atoms with Gasteiger partial charge in [0.05, 0.1) is 0 Å². The molecule has 1 fully saturated rings. The molecule has 1 aromatic rings. The molecule has 2 unspecified atom stereocenters. The van der Waals surface area contributed by atoms with Crippen molar-refractivity contribution in [3.8, 4) is 0 Å². The molecule has 2 aliphatic rings. The summed E-state index contributed by atoms with van der Waals surface area (Å²) in [4.78, 5) is 18.4. The van der Waals surface area contributed by atoms with Gasteiger partial charge in [0.25, 0.3) is 0 Å². The van der Waals surface area contributed by atoms with Crippen molar-refractivity contribution in [3.63, 3.8) is 0 Å².